The highest BCUT2D eigenvalue weighted by Crippen LogP contribution is 2.43. The maximum absolute atomic E-state index is 2.33. The lowest BCUT2D eigenvalue weighted by atomic mass is 9.87. The van der Waals surface area contributed by atoms with E-state index in [1.807, 2.05) is 0 Å². The molecule has 0 heterocycles. The highest BCUT2D eigenvalue weighted by molar-refractivity contribution is 6.37. The van der Waals surface area contributed by atoms with Crippen LogP contribution in [0.15, 0.2) is 231 Å². The van der Waals surface area contributed by atoms with Crippen molar-refractivity contribution < 1.29 is 0 Å². The Bertz CT molecular complexity index is 3660. The molecule has 0 aliphatic heterocycles. The molecular weight excluding hydrogens is 881 g/mol. The standard InChI is InChI=1S/C24H14.2C23H23N.CH4/c1-2-10-18-16(6-1)14-17-9-5-12-20-19-11-3-7-15-8-4-13-21(22(15)19)24(18)23(17)20;2*1-18-4-8-20(9-5-18)10-11-21-12-16-23(17-13-21)24(3)22-14-6-19(2)7-15-22;/h1-14H;2*4-17H,1-3H3;1H4/b;2*11-10+;. The number of hydrogen-bond acceptors (Lipinski definition) is 2. The van der Waals surface area contributed by atoms with Gasteiger partial charge in [0.2, 0.25) is 0 Å². The molecule has 0 aliphatic rings. The molecule has 0 N–H and O–H groups in total. The average Bonchev–Trinajstić information content (AvgIpc) is 3.42. The molecule has 0 atom stereocenters. The van der Waals surface area contributed by atoms with E-state index in [1.165, 1.54) is 121 Å². The van der Waals surface area contributed by atoms with E-state index in [9.17, 15) is 0 Å². The normalized spacial score (nSPS) is 11.2. The molecule has 0 bridgehead atoms. The van der Waals surface area contributed by atoms with Gasteiger partial charge < -0.3 is 9.80 Å². The number of hydrogen-bond donors (Lipinski definition) is 0. The minimum atomic E-state index is 0. The second kappa shape index (κ2) is 22.1. The van der Waals surface area contributed by atoms with Crippen LogP contribution < -0.4 is 9.80 Å². The molecule has 2 nitrogen and oxygen atoms in total. The van der Waals surface area contributed by atoms with E-state index in [4.69, 9.17) is 0 Å². The Labute approximate surface area is 432 Å². The summed E-state index contributed by atoms with van der Waals surface area (Å²) < 4.78 is 0. The summed E-state index contributed by atoms with van der Waals surface area (Å²) in [7, 11) is 4.20. The Balaban J connectivity index is 0.000000134. The van der Waals surface area contributed by atoms with Gasteiger partial charge in [0.1, 0.15) is 0 Å². The molecule has 0 radical (unpaired) electrons. The zero-order valence-corrected chi connectivity index (χ0v) is 42.1. The van der Waals surface area contributed by atoms with E-state index in [0.717, 1.165) is 0 Å². The Morgan fingerprint density at radius 1 is 0.260 bits per heavy atom. The number of fused-ring (bicyclic) bond motifs is 4. The molecule has 0 aromatic heterocycles. The molecule has 0 fully saturated rings. The predicted octanol–water partition coefficient (Wildman–Crippen LogP) is 20.0. The Morgan fingerprint density at radius 2 is 0.562 bits per heavy atom. The van der Waals surface area contributed by atoms with Crippen LogP contribution in [0.3, 0.4) is 0 Å². The van der Waals surface area contributed by atoms with Crippen molar-refractivity contribution >= 4 is 101 Å². The summed E-state index contributed by atoms with van der Waals surface area (Å²) in [6.45, 7) is 8.44. The molecule has 0 saturated heterocycles. The van der Waals surface area contributed by atoms with Gasteiger partial charge in [0.25, 0.3) is 0 Å². The quantitative estimate of drug-likeness (QED) is 0.0851. The van der Waals surface area contributed by atoms with Crippen LogP contribution in [0.25, 0.3) is 78.2 Å². The first-order valence-corrected chi connectivity index (χ1v) is 24.9. The third-order valence-corrected chi connectivity index (χ3v) is 13.8. The zero-order chi connectivity index (χ0) is 49.6. The van der Waals surface area contributed by atoms with E-state index in [1.54, 1.807) is 0 Å². The Kier molecular flexibility index (Phi) is 14.9. The number of rotatable bonds is 8. The number of anilines is 4. The Hall–Kier alpha value is -8.72. The van der Waals surface area contributed by atoms with E-state index in [2.05, 4.69) is 306 Å². The summed E-state index contributed by atoms with van der Waals surface area (Å²) in [5.41, 5.74) is 14.8. The van der Waals surface area contributed by atoms with Crippen LogP contribution in [0.4, 0.5) is 22.7 Å². The van der Waals surface area contributed by atoms with E-state index < -0.39 is 0 Å². The van der Waals surface area contributed by atoms with Crippen molar-refractivity contribution in [2.24, 2.45) is 0 Å². The average molecular weight is 945 g/mol. The highest BCUT2D eigenvalue weighted by Gasteiger charge is 2.15. The molecular formula is C71H64N2. The second-order valence-corrected chi connectivity index (χ2v) is 19.0. The summed E-state index contributed by atoms with van der Waals surface area (Å²) in [4.78, 5) is 4.40. The van der Waals surface area contributed by atoms with Crippen molar-refractivity contribution in [3.8, 4) is 0 Å². The fraction of sp³-hybridized carbons (Fsp3) is 0.0986. The molecule has 73 heavy (non-hydrogen) atoms. The van der Waals surface area contributed by atoms with Crippen molar-refractivity contribution in [2.45, 2.75) is 35.1 Å². The number of nitrogens with zero attached hydrogens (tertiary/aromatic N) is 2. The lowest BCUT2D eigenvalue weighted by Crippen LogP contribution is -2.08. The SMILES string of the molecule is C.Cc1ccc(/C=C/c2ccc(N(C)c3ccc(C)cc3)cc2)cc1.Cc1ccc(/C=C/c2ccc(N(C)c3ccc(C)cc3)cc2)cc1.c1ccc2c(c1)cc1cccc3c4cccc5cccc(c54)c2c13. The molecule has 0 aliphatic carbocycles. The van der Waals surface area contributed by atoms with Gasteiger partial charge in [0.15, 0.2) is 0 Å². The topological polar surface area (TPSA) is 6.48 Å². The van der Waals surface area contributed by atoms with Crippen LogP contribution >= 0.6 is 0 Å². The molecule has 0 saturated carbocycles. The van der Waals surface area contributed by atoms with Crippen molar-refractivity contribution in [2.75, 3.05) is 23.9 Å². The third kappa shape index (κ3) is 11.1. The van der Waals surface area contributed by atoms with Gasteiger partial charge in [0.05, 0.1) is 0 Å². The molecule has 358 valence electrons. The van der Waals surface area contributed by atoms with Gasteiger partial charge in [-0.05, 0) is 158 Å². The number of aryl methyl sites for hydroxylation is 4. The predicted molar refractivity (Wildman–Crippen MR) is 323 cm³/mol. The largest absolute Gasteiger partial charge is 0.345 e. The zero-order valence-electron chi connectivity index (χ0n) is 42.1. The summed E-state index contributed by atoms with van der Waals surface area (Å²) in [6.07, 6.45) is 8.61. The molecule has 12 rings (SSSR count). The molecule has 12 aromatic rings. The van der Waals surface area contributed by atoms with Crippen LogP contribution in [-0.2, 0) is 0 Å². The van der Waals surface area contributed by atoms with E-state index in [0.29, 0.717) is 0 Å². The van der Waals surface area contributed by atoms with Crippen LogP contribution in [0.1, 0.15) is 51.9 Å². The van der Waals surface area contributed by atoms with Gasteiger partial charge in [-0.25, -0.2) is 0 Å². The minimum Gasteiger partial charge on any atom is -0.345 e. The first-order valence-electron chi connectivity index (χ1n) is 24.9. The van der Waals surface area contributed by atoms with Crippen molar-refractivity contribution in [3.63, 3.8) is 0 Å². The first kappa shape index (κ1) is 49.3. The van der Waals surface area contributed by atoms with Crippen LogP contribution in [-0.4, -0.2) is 14.1 Å². The van der Waals surface area contributed by atoms with Crippen LogP contribution in [0.5, 0.6) is 0 Å². The fourth-order valence-electron chi connectivity index (χ4n) is 9.59. The van der Waals surface area contributed by atoms with Crippen molar-refractivity contribution in [1.29, 1.82) is 0 Å². The lowest BCUT2D eigenvalue weighted by molar-refractivity contribution is 1.20. The third-order valence-electron chi connectivity index (χ3n) is 13.8. The molecule has 0 spiro atoms. The van der Waals surface area contributed by atoms with Crippen LogP contribution in [0.2, 0.25) is 0 Å². The second-order valence-electron chi connectivity index (χ2n) is 19.0. The maximum Gasteiger partial charge on any atom is 0.0408 e. The lowest BCUT2D eigenvalue weighted by Gasteiger charge is -2.19. The van der Waals surface area contributed by atoms with E-state index >= 15 is 0 Å². The summed E-state index contributed by atoms with van der Waals surface area (Å²) in [6, 6.07) is 82.7. The molecule has 0 amide bonds. The van der Waals surface area contributed by atoms with E-state index in [-0.39, 0.29) is 7.43 Å². The summed E-state index contributed by atoms with van der Waals surface area (Å²) in [5, 5.41) is 13.6. The van der Waals surface area contributed by atoms with Crippen LogP contribution in [0, 0.1) is 27.7 Å². The minimum absolute atomic E-state index is 0. The van der Waals surface area contributed by atoms with Gasteiger partial charge in [-0.15, -0.1) is 0 Å². The maximum atomic E-state index is 2.33. The Morgan fingerprint density at radius 3 is 0.986 bits per heavy atom. The smallest absolute Gasteiger partial charge is 0.0408 e. The van der Waals surface area contributed by atoms with Crippen molar-refractivity contribution in [3.05, 3.63) is 275 Å². The monoisotopic (exact) mass is 945 g/mol. The van der Waals surface area contributed by atoms with Gasteiger partial charge in [-0.3, -0.25) is 0 Å². The molecule has 0 unspecified atom stereocenters. The number of benzene rings is 12. The first-order chi connectivity index (χ1) is 35.1. The fourth-order valence-corrected chi connectivity index (χ4v) is 9.59. The van der Waals surface area contributed by atoms with Gasteiger partial charge in [-0.2, -0.15) is 0 Å². The van der Waals surface area contributed by atoms with Gasteiger partial charge >= 0.3 is 0 Å². The van der Waals surface area contributed by atoms with Gasteiger partial charge in [0, 0.05) is 36.8 Å². The summed E-state index contributed by atoms with van der Waals surface area (Å²) >= 11 is 0. The summed E-state index contributed by atoms with van der Waals surface area (Å²) in [5.74, 6) is 0. The molecule has 2 heteroatoms. The van der Waals surface area contributed by atoms with Crippen molar-refractivity contribution in [1.82, 2.24) is 0 Å². The van der Waals surface area contributed by atoms with Gasteiger partial charge in [-0.1, -0.05) is 230 Å². The molecule has 12 aromatic carbocycles. The highest BCUT2D eigenvalue weighted by atomic mass is 15.1.